The molecule has 7 nitrogen and oxygen atoms in total. The zero-order valence-corrected chi connectivity index (χ0v) is 10.8. The molecule has 0 aliphatic heterocycles. The number of ether oxygens (including phenoxy) is 1. The molecule has 1 aromatic carbocycles. The maximum absolute atomic E-state index is 11.5. The van der Waals surface area contributed by atoms with Gasteiger partial charge in [0.2, 0.25) is 15.9 Å². The molecular weight excluding hydrogens is 258 g/mol. The van der Waals surface area contributed by atoms with Crippen LogP contribution in [0.4, 0.5) is 5.69 Å². The van der Waals surface area contributed by atoms with Crippen molar-refractivity contribution in [3.05, 3.63) is 18.2 Å². The number of carbonyl (C=O) groups is 1. The summed E-state index contributed by atoms with van der Waals surface area (Å²) in [4.78, 5) is 11.3. The molecule has 0 radical (unpaired) electrons. The third-order valence-electron chi connectivity index (χ3n) is 2.17. The van der Waals surface area contributed by atoms with E-state index in [4.69, 9.17) is 15.6 Å². The van der Waals surface area contributed by atoms with Crippen LogP contribution in [0.5, 0.6) is 5.75 Å². The van der Waals surface area contributed by atoms with Crippen molar-refractivity contribution < 1.29 is 17.9 Å². The molecule has 1 aromatic rings. The van der Waals surface area contributed by atoms with Crippen LogP contribution in [0.15, 0.2) is 23.1 Å². The molecule has 8 heteroatoms. The number of hydrogen-bond acceptors (Lipinski definition) is 5. The van der Waals surface area contributed by atoms with Gasteiger partial charge in [-0.1, -0.05) is 0 Å². The monoisotopic (exact) mass is 273 g/mol. The summed E-state index contributed by atoms with van der Waals surface area (Å²) in [5, 5.41) is 7.47. The van der Waals surface area contributed by atoms with E-state index in [1.54, 1.807) is 0 Å². The van der Waals surface area contributed by atoms with Crippen molar-refractivity contribution >= 4 is 21.6 Å². The lowest BCUT2D eigenvalue weighted by atomic mass is 10.2. The number of sulfonamides is 1. The summed E-state index contributed by atoms with van der Waals surface area (Å²) in [7, 11) is -2.45. The lowest BCUT2D eigenvalue weighted by Crippen LogP contribution is -2.32. The summed E-state index contributed by atoms with van der Waals surface area (Å²) in [6.07, 6.45) is 0. The first-order valence-corrected chi connectivity index (χ1v) is 6.57. The van der Waals surface area contributed by atoms with E-state index in [1.165, 1.54) is 32.2 Å². The van der Waals surface area contributed by atoms with Gasteiger partial charge in [0.05, 0.1) is 23.7 Å². The third kappa shape index (κ3) is 3.42. The molecule has 0 saturated heterocycles. The predicted molar refractivity (Wildman–Crippen MR) is 66.6 cm³/mol. The molecule has 18 heavy (non-hydrogen) atoms. The molecule has 0 aliphatic rings. The van der Waals surface area contributed by atoms with Crippen LogP contribution in [0, 0.1) is 0 Å². The molecule has 0 saturated carbocycles. The van der Waals surface area contributed by atoms with Gasteiger partial charge in [-0.25, -0.2) is 13.6 Å². The molecule has 0 fully saturated rings. The fourth-order valence-corrected chi connectivity index (χ4v) is 1.75. The summed E-state index contributed by atoms with van der Waals surface area (Å²) in [6, 6.07) is 3.17. The number of methoxy groups -OCH3 is 1. The summed E-state index contributed by atoms with van der Waals surface area (Å²) in [6.45, 7) is 1.51. The highest BCUT2D eigenvalue weighted by Crippen LogP contribution is 2.27. The van der Waals surface area contributed by atoms with Crippen LogP contribution < -0.4 is 20.9 Å². The number of benzene rings is 1. The van der Waals surface area contributed by atoms with Gasteiger partial charge in [-0.05, 0) is 25.1 Å². The molecule has 0 unspecified atom stereocenters. The highest BCUT2D eigenvalue weighted by molar-refractivity contribution is 7.89. The Bertz CT molecular complexity index is 554. The second kappa shape index (κ2) is 5.34. The highest BCUT2D eigenvalue weighted by Gasteiger charge is 2.15. The van der Waals surface area contributed by atoms with Gasteiger partial charge in [0.25, 0.3) is 0 Å². The zero-order valence-electron chi connectivity index (χ0n) is 10.0. The quantitative estimate of drug-likeness (QED) is 0.690. The second-order valence-corrected chi connectivity index (χ2v) is 5.25. The number of rotatable bonds is 4. The molecule has 0 aliphatic carbocycles. The topological polar surface area (TPSA) is 125 Å². The molecule has 0 bridgehead atoms. The van der Waals surface area contributed by atoms with Crippen molar-refractivity contribution in [1.82, 2.24) is 0 Å². The van der Waals surface area contributed by atoms with Gasteiger partial charge < -0.3 is 15.8 Å². The van der Waals surface area contributed by atoms with Gasteiger partial charge in [-0.15, -0.1) is 0 Å². The van der Waals surface area contributed by atoms with Crippen LogP contribution in [0.1, 0.15) is 6.92 Å². The first-order chi connectivity index (χ1) is 8.25. The number of amides is 1. The van der Waals surface area contributed by atoms with Gasteiger partial charge in [0.1, 0.15) is 5.75 Å². The normalized spacial score (nSPS) is 12.9. The van der Waals surface area contributed by atoms with Gasteiger partial charge in [-0.3, -0.25) is 4.79 Å². The van der Waals surface area contributed by atoms with Crippen molar-refractivity contribution in [3.63, 3.8) is 0 Å². The van der Waals surface area contributed by atoms with E-state index in [9.17, 15) is 13.2 Å². The molecule has 1 atom stereocenters. The zero-order chi connectivity index (χ0) is 13.9. The van der Waals surface area contributed by atoms with E-state index in [0.29, 0.717) is 5.75 Å². The fraction of sp³-hybridized carbons (Fsp3) is 0.300. The van der Waals surface area contributed by atoms with Crippen LogP contribution in [-0.2, 0) is 14.8 Å². The molecular formula is C10H15N3O4S. The lowest BCUT2D eigenvalue weighted by molar-refractivity contribution is -0.117. The largest absolute Gasteiger partial charge is 0.495 e. The maximum atomic E-state index is 11.5. The Morgan fingerprint density at radius 2 is 2.06 bits per heavy atom. The van der Waals surface area contributed by atoms with E-state index >= 15 is 0 Å². The van der Waals surface area contributed by atoms with Crippen molar-refractivity contribution in [2.24, 2.45) is 10.9 Å². The van der Waals surface area contributed by atoms with Crippen molar-refractivity contribution in [2.75, 3.05) is 12.4 Å². The van der Waals surface area contributed by atoms with Gasteiger partial charge in [-0.2, -0.15) is 0 Å². The molecule has 1 rings (SSSR count). The van der Waals surface area contributed by atoms with Crippen molar-refractivity contribution in [2.45, 2.75) is 17.9 Å². The van der Waals surface area contributed by atoms with Gasteiger partial charge in [0, 0.05) is 0 Å². The Morgan fingerprint density at radius 3 is 2.50 bits per heavy atom. The summed E-state index contributed by atoms with van der Waals surface area (Å²) in [5.74, 6) is -0.142. The minimum atomic E-state index is -3.84. The van der Waals surface area contributed by atoms with Crippen molar-refractivity contribution in [3.8, 4) is 5.75 Å². The maximum Gasteiger partial charge on any atom is 0.241 e. The number of nitrogens with two attached hydrogens (primary N) is 2. The molecule has 0 aromatic heterocycles. The van der Waals surface area contributed by atoms with Crippen LogP contribution in [-0.4, -0.2) is 27.5 Å². The number of hydrogen-bond donors (Lipinski definition) is 3. The summed E-state index contributed by atoms with van der Waals surface area (Å²) < 4.78 is 27.4. The minimum absolute atomic E-state index is 0.122. The average molecular weight is 273 g/mol. The second-order valence-electron chi connectivity index (χ2n) is 3.69. The number of primary sulfonamides is 1. The molecule has 1 amide bonds. The Hall–Kier alpha value is -1.64. The van der Waals surface area contributed by atoms with Gasteiger partial charge in [0.15, 0.2) is 0 Å². The average Bonchev–Trinajstić information content (AvgIpc) is 2.27. The van der Waals surface area contributed by atoms with E-state index in [1.807, 2.05) is 0 Å². The van der Waals surface area contributed by atoms with Crippen molar-refractivity contribution in [1.29, 1.82) is 0 Å². The first kappa shape index (κ1) is 14.4. The van der Waals surface area contributed by atoms with E-state index in [0.717, 1.165) is 0 Å². The highest BCUT2D eigenvalue weighted by atomic mass is 32.2. The summed E-state index contributed by atoms with van der Waals surface area (Å²) in [5.41, 5.74) is 5.60. The van der Waals surface area contributed by atoms with Crippen LogP contribution in [0.2, 0.25) is 0 Å². The molecule has 100 valence electrons. The Morgan fingerprint density at radius 1 is 1.44 bits per heavy atom. The Labute approximate surface area is 105 Å². The predicted octanol–water partition coefficient (Wildman–Crippen LogP) is -0.372. The Kier molecular flexibility index (Phi) is 4.28. The van der Waals surface area contributed by atoms with Crippen LogP contribution in [0.25, 0.3) is 0 Å². The minimum Gasteiger partial charge on any atom is -0.495 e. The van der Waals surface area contributed by atoms with E-state index in [2.05, 4.69) is 5.32 Å². The smallest absolute Gasteiger partial charge is 0.241 e. The number of nitrogens with one attached hydrogen (secondary N) is 1. The molecule has 0 spiro atoms. The van der Waals surface area contributed by atoms with Gasteiger partial charge >= 0.3 is 0 Å². The molecule has 5 N–H and O–H groups in total. The molecule has 0 heterocycles. The standard InChI is InChI=1S/C10H15N3O4S/c1-6(11)10(14)13-8-5-7(18(12,15)16)3-4-9(8)17-2/h3-6H,11H2,1-2H3,(H,13,14)(H2,12,15,16)/t6-/m1/s1. The fourth-order valence-electron chi connectivity index (χ4n) is 1.21. The number of carbonyl (C=O) groups excluding carboxylic acids is 1. The summed E-state index contributed by atoms with van der Waals surface area (Å²) >= 11 is 0. The van der Waals surface area contributed by atoms with E-state index < -0.39 is 22.0 Å². The third-order valence-corrected chi connectivity index (χ3v) is 3.08. The number of anilines is 1. The Balaban J connectivity index is 3.19. The van der Waals surface area contributed by atoms with Crippen LogP contribution in [0.3, 0.4) is 0 Å². The van der Waals surface area contributed by atoms with E-state index in [-0.39, 0.29) is 10.6 Å². The first-order valence-electron chi connectivity index (χ1n) is 5.03. The lowest BCUT2D eigenvalue weighted by Gasteiger charge is -2.12. The van der Waals surface area contributed by atoms with Crippen LogP contribution >= 0.6 is 0 Å². The SMILES string of the molecule is COc1ccc(S(N)(=O)=O)cc1NC(=O)[C@@H](C)N.